The van der Waals surface area contributed by atoms with Crippen molar-refractivity contribution < 1.29 is 4.39 Å². The van der Waals surface area contributed by atoms with Crippen molar-refractivity contribution in [1.29, 1.82) is 0 Å². The van der Waals surface area contributed by atoms with Crippen LogP contribution in [0.5, 0.6) is 0 Å². The van der Waals surface area contributed by atoms with Gasteiger partial charge in [-0.05, 0) is 54.3 Å². The SMILES string of the molecule is Cc1cc(-c2cccc(C(C)N)c2)ccc1F. The second kappa shape index (κ2) is 4.68. The standard InChI is InChI=1S/C15H16FN/c1-10-8-14(6-7-15(10)16)13-5-3-4-12(9-13)11(2)17/h3-9,11H,17H2,1-2H3. The van der Waals surface area contributed by atoms with Gasteiger partial charge in [0.2, 0.25) is 0 Å². The quantitative estimate of drug-likeness (QED) is 0.832. The van der Waals surface area contributed by atoms with Crippen molar-refractivity contribution in [3.8, 4) is 11.1 Å². The molecule has 1 nitrogen and oxygen atoms in total. The van der Waals surface area contributed by atoms with E-state index in [1.165, 1.54) is 6.07 Å². The minimum absolute atomic E-state index is 0.0106. The third kappa shape index (κ3) is 2.53. The zero-order chi connectivity index (χ0) is 12.4. The maximum atomic E-state index is 13.2. The summed E-state index contributed by atoms with van der Waals surface area (Å²) in [7, 11) is 0. The molecule has 0 aliphatic heterocycles. The van der Waals surface area contributed by atoms with Crippen LogP contribution in [-0.4, -0.2) is 0 Å². The first-order valence-corrected chi connectivity index (χ1v) is 5.70. The fraction of sp³-hybridized carbons (Fsp3) is 0.200. The highest BCUT2D eigenvalue weighted by molar-refractivity contribution is 5.65. The van der Waals surface area contributed by atoms with Crippen molar-refractivity contribution >= 4 is 0 Å². The van der Waals surface area contributed by atoms with Gasteiger partial charge in [0, 0.05) is 6.04 Å². The van der Waals surface area contributed by atoms with Crippen LogP contribution in [0.3, 0.4) is 0 Å². The van der Waals surface area contributed by atoms with Gasteiger partial charge in [0.05, 0.1) is 0 Å². The highest BCUT2D eigenvalue weighted by Gasteiger charge is 2.04. The summed E-state index contributed by atoms with van der Waals surface area (Å²) in [6, 6.07) is 13.2. The van der Waals surface area contributed by atoms with Crippen molar-refractivity contribution in [3.05, 3.63) is 59.4 Å². The highest BCUT2D eigenvalue weighted by Crippen LogP contribution is 2.24. The Morgan fingerprint density at radius 3 is 2.41 bits per heavy atom. The Kier molecular flexibility index (Phi) is 3.25. The average Bonchev–Trinajstić information content (AvgIpc) is 2.33. The molecule has 17 heavy (non-hydrogen) atoms. The lowest BCUT2D eigenvalue weighted by Gasteiger charge is -2.09. The molecule has 2 aromatic rings. The molecule has 0 fully saturated rings. The minimum atomic E-state index is -0.169. The number of halogens is 1. The topological polar surface area (TPSA) is 26.0 Å². The van der Waals surface area contributed by atoms with E-state index in [1.54, 1.807) is 13.0 Å². The average molecular weight is 229 g/mol. The lowest BCUT2D eigenvalue weighted by Crippen LogP contribution is -2.04. The molecule has 0 amide bonds. The van der Waals surface area contributed by atoms with Gasteiger partial charge in [0.15, 0.2) is 0 Å². The molecule has 0 aliphatic carbocycles. The predicted octanol–water partition coefficient (Wildman–Crippen LogP) is 3.82. The monoisotopic (exact) mass is 229 g/mol. The summed E-state index contributed by atoms with van der Waals surface area (Å²) < 4.78 is 13.2. The van der Waals surface area contributed by atoms with E-state index in [0.29, 0.717) is 5.56 Å². The van der Waals surface area contributed by atoms with Gasteiger partial charge in [-0.1, -0.05) is 24.3 Å². The summed E-state index contributed by atoms with van der Waals surface area (Å²) in [6.07, 6.45) is 0. The van der Waals surface area contributed by atoms with E-state index in [9.17, 15) is 4.39 Å². The number of aryl methyl sites for hydroxylation is 1. The van der Waals surface area contributed by atoms with Crippen LogP contribution < -0.4 is 5.73 Å². The van der Waals surface area contributed by atoms with Gasteiger partial charge in [-0.3, -0.25) is 0 Å². The van der Waals surface area contributed by atoms with Gasteiger partial charge in [0.25, 0.3) is 0 Å². The molecule has 2 rings (SSSR count). The third-order valence-electron chi connectivity index (χ3n) is 2.90. The second-order valence-corrected chi connectivity index (χ2v) is 4.38. The molecule has 0 radical (unpaired) electrons. The first-order valence-electron chi connectivity index (χ1n) is 5.70. The molecule has 2 N–H and O–H groups in total. The molecule has 88 valence electrons. The summed E-state index contributed by atoms with van der Waals surface area (Å²) in [6.45, 7) is 3.73. The molecule has 0 spiro atoms. The normalized spacial score (nSPS) is 12.5. The molecule has 0 bridgehead atoms. The highest BCUT2D eigenvalue weighted by atomic mass is 19.1. The van der Waals surface area contributed by atoms with E-state index < -0.39 is 0 Å². The van der Waals surface area contributed by atoms with E-state index >= 15 is 0 Å². The largest absolute Gasteiger partial charge is 0.324 e. The van der Waals surface area contributed by atoms with Crippen molar-refractivity contribution in [2.24, 2.45) is 5.73 Å². The van der Waals surface area contributed by atoms with Crippen LogP contribution in [0.1, 0.15) is 24.1 Å². The van der Waals surface area contributed by atoms with Crippen LogP contribution in [0.2, 0.25) is 0 Å². The number of nitrogens with two attached hydrogens (primary N) is 1. The van der Waals surface area contributed by atoms with Gasteiger partial charge in [-0.2, -0.15) is 0 Å². The first-order chi connectivity index (χ1) is 8.08. The van der Waals surface area contributed by atoms with E-state index in [2.05, 4.69) is 6.07 Å². The second-order valence-electron chi connectivity index (χ2n) is 4.38. The Morgan fingerprint density at radius 1 is 1.06 bits per heavy atom. The molecular weight excluding hydrogens is 213 g/mol. The number of rotatable bonds is 2. The number of hydrogen-bond donors (Lipinski definition) is 1. The molecule has 0 aliphatic rings. The predicted molar refractivity (Wildman–Crippen MR) is 69.2 cm³/mol. The lowest BCUT2D eigenvalue weighted by molar-refractivity contribution is 0.619. The first kappa shape index (κ1) is 11.8. The molecule has 0 aromatic heterocycles. The molecule has 1 unspecified atom stereocenters. The van der Waals surface area contributed by atoms with E-state index in [0.717, 1.165) is 16.7 Å². The Bertz CT molecular complexity index is 532. The van der Waals surface area contributed by atoms with Crippen LogP contribution in [0.25, 0.3) is 11.1 Å². The van der Waals surface area contributed by atoms with Crippen LogP contribution in [0.15, 0.2) is 42.5 Å². The molecule has 0 heterocycles. The Labute approximate surface area is 101 Å². The molecule has 0 saturated heterocycles. The summed E-state index contributed by atoms with van der Waals surface area (Å²) >= 11 is 0. The van der Waals surface area contributed by atoms with E-state index in [4.69, 9.17) is 5.73 Å². The Hall–Kier alpha value is -1.67. The Balaban J connectivity index is 2.45. The van der Waals surface area contributed by atoms with Crippen LogP contribution in [0.4, 0.5) is 4.39 Å². The zero-order valence-corrected chi connectivity index (χ0v) is 10.1. The molecular formula is C15H16FN. The van der Waals surface area contributed by atoms with Crippen LogP contribution in [-0.2, 0) is 0 Å². The lowest BCUT2D eigenvalue weighted by atomic mass is 9.99. The fourth-order valence-electron chi connectivity index (χ4n) is 1.83. The Morgan fingerprint density at radius 2 is 1.76 bits per heavy atom. The van der Waals surface area contributed by atoms with E-state index in [1.807, 2.05) is 31.2 Å². The van der Waals surface area contributed by atoms with Crippen molar-refractivity contribution in [2.75, 3.05) is 0 Å². The molecule has 2 heteroatoms. The zero-order valence-electron chi connectivity index (χ0n) is 10.1. The van der Waals surface area contributed by atoms with Crippen molar-refractivity contribution in [2.45, 2.75) is 19.9 Å². The summed E-state index contributed by atoms with van der Waals surface area (Å²) in [5.41, 5.74) is 9.69. The van der Waals surface area contributed by atoms with Gasteiger partial charge in [-0.25, -0.2) is 4.39 Å². The summed E-state index contributed by atoms with van der Waals surface area (Å²) in [4.78, 5) is 0. The molecule has 2 aromatic carbocycles. The smallest absolute Gasteiger partial charge is 0.126 e. The third-order valence-corrected chi connectivity index (χ3v) is 2.90. The van der Waals surface area contributed by atoms with Gasteiger partial charge in [-0.15, -0.1) is 0 Å². The maximum absolute atomic E-state index is 13.2. The number of hydrogen-bond acceptors (Lipinski definition) is 1. The molecule has 1 atom stereocenters. The summed E-state index contributed by atoms with van der Waals surface area (Å²) in [5, 5.41) is 0. The minimum Gasteiger partial charge on any atom is -0.324 e. The summed E-state index contributed by atoms with van der Waals surface area (Å²) in [5.74, 6) is -0.169. The maximum Gasteiger partial charge on any atom is 0.126 e. The fourth-order valence-corrected chi connectivity index (χ4v) is 1.83. The van der Waals surface area contributed by atoms with E-state index in [-0.39, 0.29) is 11.9 Å². The van der Waals surface area contributed by atoms with Gasteiger partial charge >= 0.3 is 0 Å². The van der Waals surface area contributed by atoms with Gasteiger partial charge in [0.1, 0.15) is 5.82 Å². The van der Waals surface area contributed by atoms with Crippen molar-refractivity contribution in [3.63, 3.8) is 0 Å². The molecule has 0 saturated carbocycles. The van der Waals surface area contributed by atoms with Crippen molar-refractivity contribution in [1.82, 2.24) is 0 Å². The van der Waals surface area contributed by atoms with Crippen LogP contribution in [0, 0.1) is 12.7 Å². The van der Waals surface area contributed by atoms with Gasteiger partial charge < -0.3 is 5.73 Å². The van der Waals surface area contributed by atoms with Crippen LogP contribution >= 0.6 is 0 Å². The number of benzene rings is 2.